The van der Waals surface area contributed by atoms with E-state index in [0.717, 1.165) is 31.1 Å². The van der Waals surface area contributed by atoms with Crippen molar-refractivity contribution in [1.82, 2.24) is 0 Å². The molecule has 0 N–H and O–H groups in total. The Balaban J connectivity index is 1.59. The second-order valence-electron chi connectivity index (χ2n) is 15.0. The van der Waals surface area contributed by atoms with Crippen molar-refractivity contribution in [3.8, 4) is 0 Å². The SMILES string of the molecule is C=C(CCC(C)C1CCC2(C)C3=CCC4C(C)(C)C(=O)CCC4(C)C3CCC12C)C(C)(C)C. The molecule has 0 aliphatic heterocycles. The molecular weight excluding hydrogens is 400 g/mol. The van der Waals surface area contributed by atoms with Gasteiger partial charge in [0.25, 0.3) is 0 Å². The number of hydrogen-bond donors (Lipinski definition) is 0. The highest BCUT2D eigenvalue weighted by Gasteiger charge is 2.65. The maximum atomic E-state index is 12.8. The van der Waals surface area contributed by atoms with E-state index in [1.54, 1.807) is 5.57 Å². The molecular formula is C32H52O. The molecule has 4 aliphatic rings. The van der Waals surface area contributed by atoms with Crippen molar-refractivity contribution < 1.29 is 4.79 Å². The van der Waals surface area contributed by atoms with Gasteiger partial charge in [0.05, 0.1) is 0 Å². The fraction of sp³-hybridized carbons (Fsp3) is 0.844. The first-order chi connectivity index (χ1) is 15.1. The molecule has 0 radical (unpaired) electrons. The summed E-state index contributed by atoms with van der Waals surface area (Å²) in [5.74, 6) is 3.25. The topological polar surface area (TPSA) is 17.1 Å². The van der Waals surface area contributed by atoms with Gasteiger partial charge in [0.15, 0.2) is 0 Å². The zero-order chi connectivity index (χ0) is 24.6. The molecule has 0 aromatic rings. The average molecular weight is 453 g/mol. The van der Waals surface area contributed by atoms with E-state index in [4.69, 9.17) is 0 Å². The molecule has 0 aromatic carbocycles. The van der Waals surface area contributed by atoms with Crippen LogP contribution in [0.1, 0.15) is 120 Å². The van der Waals surface area contributed by atoms with Crippen LogP contribution in [0.25, 0.3) is 0 Å². The summed E-state index contributed by atoms with van der Waals surface area (Å²) in [4.78, 5) is 12.8. The summed E-state index contributed by atoms with van der Waals surface area (Å²) >= 11 is 0. The van der Waals surface area contributed by atoms with E-state index in [1.807, 2.05) is 0 Å². The molecule has 0 spiro atoms. The molecule has 4 aliphatic carbocycles. The maximum absolute atomic E-state index is 12.8. The van der Waals surface area contributed by atoms with Crippen LogP contribution in [0.5, 0.6) is 0 Å². The fourth-order valence-electron chi connectivity index (χ4n) is 9.44. The van der Waals surface area contributed by atoms with Gasteiger partial charge >= 0.3 is 0 Å². The minimum absolute atomic E-state index is 0.168. The average Bonchev–Trinajstić information content (AvgIpc) is 3.00. The highest BCUT2D eigenvalue weighted by atomic mass is 16.1. The molecule has 3 saturated carbocycles. The number of Topliss-reactive ketones (excluding diaryl/α,β-unsaturated/α-hetero) is 1. The highest BCUT2D eigenvalue weighted by Crippen LogP contribution is 2.73. The summed E-state index contributed by atoms with van der Waals surface area (Å²) in [7, 11) is 0. The zero-order valence-corrected chi connectivity index (χ0v) is 23.4. The third kappa shape index (κ3) is 3.57. The second-order valence-corrected chi connectivity index (χ2v) is 15.0. The molecule has 0 heterocycles. The minimum Gasteiger partial charge on any atom is -0.299 e. The van der Waals surface area contributed by atoms with E-state index in [0.29, 0.717) is 33.9 Å². The first-order valence-electron chi connectivity index (χ1n) is 14.0. The normalized spacial score (nSPS) is 43.2. The number of allylic oxidation sites excluding steroid dienone is 3. The Bertz CT molecular complexity index is 852. The van der Waals surface area contributed by atoms with Crippen molar-refractivity contribution in [3.05, 3.63) is 23.8 Å². The number of ketones is 1. The fourth-order valence-corrected chi connectivity index (χ4v) is 9.44. The number of fused-ring (bicyclic) bond motifs is 5. The third-order valence-corrected chi connectivity index (χ3v) is 12.3. The summed E-state index contributed by atoms with van der Waals surface area (Å²) in [6.45, 7) is 26.2. The van der Waals surface area contributed by atoms with Crippen molar-refractivity contribution in [1.29, 1.82) is 0 Å². The van der Waals surface area contributed by atoms with Crippen LogP contribution >= 0.6 is 0 Å². The molecule has 7 atom stereocenters. The lowest BCUT2D eigenvalue weighted by Crippen LogP contribution is -2.57. The van der Waals surface area contributed by atoms with Crippen LogP contribution in [0.3, 0.4) is 0 Å². The van der Waals surface area contributed by atoms with E-state index in [-0.39, 0.29) is 10.8 Å². The predicted molar refractivity (Wildman–Crippen MR) is 141 cm³/mol. The molecule has 7 unspecified atom stereocenters. The second kappa shape index (κ2) is 7.83. The van der Waals surface area contributed by atoms with Crippen molar-refractivity contribution in [2.45, 2.75) is 120 Å². The van der Waals surface area contributed by atoms with Crippen LogP contribution in [0, 0.1) is 50.7 Å². The maximum Gasteiger partial charge on any atom is 0.138 e. The van der Waals surface area contributed by atoms with Gasteiger partial charge in [0.1, 0.15) is 5.78 Å². The molecule has 33 heavy (non-hydrogen) atoms. The number of carbonyl (C=O) groups excluding carboxylic acids is 1. The molecule has 186 valence electrons. The predicted octanol–water partition coefficient (Wildman–Crippen LogP) is 9.18. The van der Waals surface area contributed by atoms with E-state index < -0.39 is 0 Å². The van der Waals surface area contributed by atoms with Crippen molar-refractivity contribution >= 4 is 5.78 Å². The summed E-state index contributed by atoms with van der Waals surface area (Å²) < 4.78 is 0. The van der Waals surface area contributed by atoms with Crippen molar-refractivity contribution in [2.75, 3.05) is 0 Å². The Morgan fingerprint density at radius 3 is 2.39 bits per heavy atom. The lowest BCUT2D eigenvalue weighted by molar-refractivity contribution is -0.146. The van der Waals surface area contributed by atoms with Crippen LogP contribution in [-0.2, 0) is 4.79 Å². The number of carbonyl (C=O) groups is 1. The van der Waals surface area contributed by atoms with Gasteiger partial charge in [0.2, 0.25) is 0 Å². The Kier molecular flexibility index (Phi) is 5.99. The highest BCUT2D eigenvalue weighted by molar-refractivity contribution is 5.85. The first kappa shape index (κ1) is 25.2. The van der Waals surface area contributed by atoms with Crippen molar-refractivity contribution in [3.63, 3.8) is 0 Å². The van der Waals surface area contributed by atoms with E-state index >= 15 is 0 Å². The van der Waals surface area contributed by atoms with Gasteiger partial charge in [-0.2, -0.15) is 0 Å². The summed E-state index contributed by atoms with van der Waals surface area (Å²) in [5.41, 5.74) is 4.29. The van der Waals surface area contributed by atoms with Gasteiger partial charge in [-0.1, -0.05) is 86.1 Å². The van der Waals surface area contributed by atoms with E-state index in [1.165, 1.54) is 44.1 Å². The van der Waals surface area contributed by atoms with Crippen LogP contribution in [0.4, 0.5) is 0 Å². The molecule has 1 heteroatoms. The standard InChI is InChI=1S/C32H52O/c1-21(11-12-22(2)28(3,4)5)23-15-19-32(10)25-13-14-26-29(6,7)27(33)17-18-30(26,8)24(25)16-20-31(23,32)9/h13,21,23-24,26H,2,11-12,14-20H2,1,3-10H3. The Morgan fingerprint density at radius 2 is 1.76 bits per heavy atom. The molecule has 0 bridgehead atoms. The Morgan fingerprint density at radius 1 is 1.09 bits per heavy atom. The number of rotatable bonds is 4. The van der Waals surface area contributed by atoms with Crippen molar-refractivity contribution in [2.24, 2.45) is 50.7 Å². The van der Waals surface area contributed by atoms with Crippen LogP contribution in [-0.4, -0.2) is 5.78 Å². The minimum atomic E-state index is -0.168. The van der Waals surface area contributed by atoms with Gasteiger partial charge in [-0.05, 0) is 96.7 Å². The van der Waals surface area contributed by atoms with Gasteiger partial charge in [-0.25, -0.2) is 0 Å². The quantitative estimate of drug-likeness (QED) is 0.388. The lowest BCUT2D eigenvalue weighted by Gasteiger charge is -2.63. The molecule has 3 fully saturated rings. The number of hydrogen-bond acceptors (Lipinski definition) is 1. The molecule has 0 aromatic heterocycles. The van der Waals surface area contributed by atoms with Gasteiger partial charge in [0, 0.05) is 11.8 Å². The van der Waals surface area contributed by atoms with Crippen LogP contribution in [0.15, 0.2) is 23.8 Å². The first-order valence-corrected chi connectivity index (χ1v) is 14.0. The van der Waals surface area contributed by atoms with Gasteiger partial charge in [-0.3, -0.25) is 4.79 Å². The van der Waals surface area contributed by atoms with Crippen LogP contribution < -0.4 is 0 Å². The Labute approximate surface area is 205 Å². The summed E-state index contributed by atoms with van der Waals surface area (Å²) in [5, 5.41) is 0. The summed E-state index contributed by atoms with van der Waals surface area (Å²) in [6.07, 6.45) is 13.5. The molecule has 4 rings (SSSR count). The lowest BCUT2D eigenvalue weighted by atomic mass is 9.41. The third-order valence-electron chi connectivity index (χ3n) is 12.3. The monoisotopic (exact) mass is 452 g/mol. The van der Waals surface area contributed by atoms with Gasteiger partial charge in [-0.15, -0.1) is 0 Å². The smallest absolute Gasteiger partial charge is 0.138 e. The zero-order valence-electron chi connectivity index (χ0n) is 23.4. The summed E-state index contributed by atoms with van der Waals surface area (Å²) in [6, 6.07) is 0. The molecule has 0 saturated heterocycles. The Hall–Kier alpha value is -0.850. The largest absolute Gasteiger partial charge is 0.299 e. The molecule has 0 amide bonds. The van der Waals surface area contributed by atoms with Crippen LogP contribution in [0.2, 0.25) is 0 Å². The van der Waals surface area contributed by atoms with E-state index in [2.05, 4.69) is 75.0 Å². The van der Waals surface area contributed by atoms with Gasteiger partial charge < -0.3 is 0 Å². The van der Waals surface area contributed by atoms with E-state index in [9.17, 15) is 4.79 Å². The molecule has 1 nitrogen and oxygen atoms in total.